The Morgan fingerprint density at radius 1 is 1.53 bits per heavy atom. The van der Waals surface area contributed by atoms with Crippen LogP contribution in [0.15, 0.2) is 18.2 Å². The van der Waals surface area contributed by atoms with E-state index in [1.54, 1.807) is 0 Å². The molecule has 0 radical (unpaired) electrons. The third-order valence-corrected chi connectivity index (χ3v) is 3.29. The number of hydrogen-bond acceptors (Lipinski definition) is 2. The van der Waals surface area contributed by atoms with E-state index in [1.165, 1.54) is 11.3 Å². The first-order chi connectivity index (χ1) is 7.13. The van der Waals surface area contributed by atoms with E-state index in [4.69, 9.17) is 0 Å². The molecule has 1 aromatic carbocycles. The monoisotopic (exact) mass is 205 g/mol. The SMILES string of the molecule is CCN1c2cc(C(C)O)ccc2CC1C. The summed E-state index contributed by atoms with van der Waals surface area (Å²) in [4.78, 5) is 2.40. The standard InChI is InChI=1S/C13H19NO/c1-4-14-9(2)7-12-6-5-11(10(3)15)8-13(12)14/h5-6,8-10,15H,4,7H2,1-3H3. The molecular weight excluding hydrogens is 186 g/mol. The fraction of sp³-hybridized carbons (Fsp3) is 0.538. The van der Waals surface area contributed by atoms with E-state index in [0.717, 1.165) is 18.5 Å². The normalized spacial score (nSPS) is 21.6. The number of likely N-dealkylation sites (N-methyl/N-ethyl adjacent to an activating group) is 1. The second-order valence-electron chi connectivity index (χ2n) is 4.40. The Morgan fingerprint density at radius 2 is 2.27 bits per heavy atom. The molecule has 15 heavy (non-hydrogen) atoms. The van der Waals surface area contributed by atoms with E-state index in [9.17, 15) is 5.11 Å². The molecule has 0 saturated carbocycles. The summed E-state index contributed by atoms with van der Waals surface area (Å²) in [6, 6.07) is 6.92. The summed E-state index contributed by atoms with van der Waals surface area (Å²) in [6.45, 7) is 7.29. The number of nitrogens with zero attached hydrogens (tertiary/aromatic N) is 1. The Kier molecular flexibility index (Phi) is 2.70. The fourth-order valence-electron chi connectivity index (χ4n) is 2.43. The predicted molar refractivity (Wildman–Crippen MR) is 63.3 cm³/mol. The van der Waals surface area contributed by atoms with Crippen molar-refractivity contribution in [3.8, 4) is 0 Å². The molecule has 1 aliphatic rings. The maximum Gasteiger partial charge on any atom is 0.0762 e. The average molecular weight is 205 g/mol. The molecule has 1 heterocycles. The van der Waals surface area contributed by atoms with Crippen LogP contribution in [0.5, 0.6) is 0 Å². The minimum absolute atomic E-state index is 0.370. The van der Waals surface area contributed by atoms with Crippen molar-refractivity contribution in [2.45, 2.75) is 39.3 Å². The van der Waals surface area contributed by atoms with Gasteiger partial charge in [0.1, 0.15) is 0 Å². The van der Waals surface area contributed by atoms with Gasteiger partial charge in [0.25, 0.3) is 0 Å². The van der Waals surface area contributed by atoms with Crippen LogP contribution in [0, 0.1) is 0 Å². The van der Waals surface area contributed by atoms with Crippen molar-refractivity contribution in [2.24, 2.45) is 0 Å². The van der Waals surface area contributed by atoms with Gasteiger partial charge in [-0.15, -0.1) is 0 Å². The maximum absolute atomic E-state index is 9.56. The van der Waals surface area contributed by atoms with E-state index < -0.39 is 0 Å². The molecule has 2 atom stereocenters. The lowest BCUT2D eigenvalue weighted by Crippen LogP contribution is -2.28. The molecule has 2 heteroatoms. The number of hydrogen-bond donors (Lipinski definition) is 1. The number of aliphatic hydroxyl groups is 1. The highest BCUT2D eigenvalue weighted by molar-refractivity contribution is 5.60. The average Bonchev–Trinajstić information content (AvgIpc) is 2.51. The summed E-state index contributed by atoms with van der Waals surface area (Å²) < 4.78 is 0. The zero-order valence-electron chi connectivity index (χ0n) is 9.70. The van der Waals surface area contributed by atoms with E-state index in [-0.39, 0.29) is 6.10 Å². The van der Waals surface area contributed by atoms with Crippen LogP contribution in [0.4, 0.5) is 5.69 Å². The van der Waals surface area contributed by atoms with Crippen LogP contribution in [0.2, 0.25) is 0 Å². The van der Waals surface area contributed by atoms with Gasteiger partial charge in [0, 0.05) is 18.3 Å². The van der Waals surface area contributed by atoms with Gasteiger partial charge in [-0.2, -0.15) is 0 Å². The molecule has 1 aliphatic heterocycles. The van der Waals surface area contributed by atoms with Crippen LogP contribution in [0.1, 0.15) is 38.0 Å². The van der Waals surface area contributed by atoms with Gasteiger partial charge in [-0.3, -0.25) is 0 Å². The molecule has 82 valence electrons. The zero-order valence-corrected chi connectivity index (χ0v) is 9.70. The lowest BCUT2D eigenvalue weighted by Gasteiger charge is -2.23. The first-order valence-electron chi connectivity index (χ1n) is 5.71. The van der Waals surface area contributed by atoms with Gasteiger partial charge in [-0.25, -0.2) is 0 Å². The highest BCUT2D eigenvalue weighted by Crippen LogP contribution is 2.33. The first-order valence-corrected chi connectivity index (χ1v) is 5.71. The van der Waals surface area contributed by atoms with Crippen LogP contribution in [0.25, 0.3) is 0 Å². The third-order valence-electron chi connectivity index (χ3n) is 3.29. The third kappa shape index (κ3) is 1.74. The summed E-state index contributed by atoms with van der Waals surface area (Å²) in [5.74, 6) is 0. The molecule has 0 aliphatic carbocycles. The van der Waals surface area contributed by atoms with Crippen molar-refractivity contribution in [3.63, 3.8) is 0 Å². The Morgan fingerprint density at radius 3 is 2.87 bits per heavy atom. The quantitative estimate of drug-likeness (QED) is 0.802. The van der Waals surface area contributed by atoms with Crippen molar-refractivity contribution < 1.29 is 5.11 Å². The number of anilines is 1. The molecule has 2 nitrogen and oxygen atoms in total. The Bertz CT molecular complexity index is 360. The van der Waals surface area contributed by atoms with Crippen molar-refractivity contribution in [1.82, 2.24) is 0 Å². The summed E-state index contributed by atoms with van der Waals surface area (Å²) in [6.07, 6.45) is 0.758. The topological polar surface area (TPSA) is 23.5 Å². The zero-order chi connectivity index (χ0) is 11.0. The van der Waals surface area contributed by atoms with Gasteiger partial charge < -0.3 is 10.0 Å². The largest absolute Gasteiger partial charge is 0.389 e. The van der Waals surface area contributed by atoms with E-state index in [1.807, 2.05) is 13.0 Å². The van der Waals surface area contributed by atoms with E-state index in [2.05, 4.69) is 30.9 Å². The highest BCUT2D eigenvalue weighted by atomic mass is 16.3. The Labute approximate surface area is 91.5 Å². The van der Waals surface area contributed by atoms with Gasteiger partial charge in [-0.05, 0) is 44.4 Å². The number of benzene rings is 1. The van der Waals surface area contributed by atoms with Crippen molar-refractivity contribution >= 4 is 5.69 Å². The molecule has 2 unspecified atom stereocenters. The van der Waals surface area contributed by atoms with Gasteiger partial charge in [0.05, 0.1) is 6.10 Å². The minimum atomic E-state index is -0.370. The van der Waals surface area contributed by atoms with Gasteiger partial charge in [0.15, 0.2) is 0 Å². The molecule has 0 fully saturated rings. The van der Waals surface area contributed by atoms with Crippen molar-refractivity contribution in [2.75, 3.05) is 11.4 Å². The fourth-order valence-corrected chi connectivity index (χ4v) is 2.43. The Balaban J connectivity index is 2.40. The molecule has 0 spiro atoms. The summed E-state index contributed by atoms with van der Waals surface area (Å²) in [7, 11) is 0. The highest BCUT2D eigenvalue weighted by Gasteiger charge is 2.24. The van der Waals surface area contributed by atoms with Crippen LogP contribution >= 0.6 is 0 Å². The molecule has 1 N–H and O–H groups in total. The summed E-state index contributed by atoms with van der Waals surface area (Å²) >= 11 is 0. The first kappa shape index (κ1) is 10.5. The van der Waals surface area contributed by atoms with Gasteiger partial charge in [-0.1, -0.05) is 12.1 Å². The summed E-state index contributed by atoms with van der Waals surface area (Å²) in [5, 5.41) is 9.56. The molecule has 1 aromatic rings. The molecule has 2 rings (SSSR count). The number of rotatable bonds is 2. The van der Waals surface area contributed by atoms with E-state index in [0.29, 0.717) is 6.04 Å². The lowest BCUT2D eigenvalue weighted by atomic mass is 10.1. The smallest absolute Gasteiger partial charge is 0.0762 e. The van der Waals surface area contributed by atoms with Crippen molar-refractivity contribution in [1.29, 1.82) is 0 Å². The van der Waals surface area contributed by atoms with Crippen LogP contribution in [-0.2, 0) is 6.42 Å². The summed E-state index contributed by atoms with van der Waals surface area (Å²) in [5.41, 5.74) is 3.73. The lowest BCUT2D eigenvalue weighted by molar-refractivity contribution is 0.199. The number of fused-ring (bicyclic) bond motifs is 1. The van der Waals surface area contributed by atoms with Crippen LogP contribution < -0.4 is 4.90 Å². The molecular formula is C13H19NO. The van der Waals surface area contributed by atoms with Gasteiger partial charge >= 0.3 is 0 Å². The van der Waals surface area contributed by atoms with E-state index >= 15 is 0 Å². The minimum Gasteiger partial charge on any atom is -0.389 e. The number of aliphatic hydroxyl groups excluding tert-OH is 1. The second kappa shape index (κ2) is 3.86. The Hall–Kier alpha value is -1.02. The van der Waals surface area contributed by atoms with Crippen LogP contribution in [0.3, 0.4) is 0 Å². The van der Waals surface area contributed by atoms with Crippen molar-refractivity contribution in [3.05, 3.63) is 29.3 Å². The van der Waals surface area contributed by atoms with Gasteiger partial charge in [0.2, 0.25) is 0 Å². The van der Waals surface area contributed by atoms with Crippen LogP contribution in [-0.4, -0.2) is 17.7 Å². The molecule has 0 bridgehead atoms. The second-order valence-corrected chi connectivity index (χ2v) is 4.40. The molecule has 0 aromatic heterocycles. The molecule has 0 saturated heterocycles. The molecule has 0 amide bonds. The predicted octanol–water partition coefficient (Wildman–Crippen LogP) is 2.51. The maximum atomic E-state index is 9.56.